The summed E-state index contributed by atoms with van der Waals surface area (Å²) in [6.07, 6.45) is 3.28. The van der Waals surface area contributed by atoms with E-state index in [0.717, 1.165) is 62.0 Å². The van der Waals surface area contributed by atoms with Gasteiger partial charge < -0.3 is 14.5 Å². The Morgan fingerprint density at radius 3 is 2.27 bits per heavy atom. The van der Waals surface area contributed by atoms with Crippen LogP contribution >= 0.6 is 0 Å². The van der Waals surface area contributed by atoms with Gasteiger partial charge in [0, 0.05) is 31.9 Å². The van der Waals surface area contributed by atoms with E-state index in [-0.39, 0.29) is 0 Å². The highest BCUT2D eigenvalue weighted by Crippen LogP contribution is 2.23. The molecule has 0 saturated carbocycles. The Morgan fingerprint density at radius 2 is 1.73 bits per heavy atom. The van der Waals surface area contributed by atoms with E-state index in [0.29, 0.717) is 6.61 Å². The zero-order chi connectivity index (χ0) is 16.5. The Kier molecular flexibility index (Phi) is 8.17. The van der Waals surface area contributed by atoms with Gasteiger partial charge in [-0.25, -0.2) is 4.98 Å². The van der Waals surface area contributed by atoms with Gasteiger partial charge in [-0.3, -0.25) is 0 Å². The Hall–Kier alpha value is -1.36. The molecule has 1 rings (SSSR count). The fraction of sp³-hybridized carbons (Fsp3) is 0.765. The van der Waals surface area contributed by atoms with Crippen LogP contribution in [0.4, 0.5) is 5.95 Å². The molecule has 0 bridgehead atoms. The van der Waals surface area contributed by atoms with Gasteiger partial charge >= 0.3 is 0 Å². The molecule has 5 nitrogen and oxygen atoms in total. The zero-order valence-electron chi connectivity index (χ0n) is 15.1. The minimum atomic E-state index is 0.671. The molecule has 0 unspecified atom stereocenters. The number of rotatable bonds is 10. The molecule has 5 heteroatoms. The summed E-state index contributed by atoms with van der Waals surface area (Å²) in [5, 5.41) is 0. The molecule has 0 spiro atoms. The van der Waals surface area contributed by atoms with E-state index in [2.05, 4.69) is 42.6 Å². The first kappa shape index (κ1) is 18.7. The molecule has 1 heterocycles. The highest BCUT2D eigenvalue weighted by Gasteiger charge is 2.14. The van der Waals surface area contributed by atoms with Crippen LogP contribution < -0.4 is 9.64 Å². The fourth-order valence-corrected chi connectivity index (χ4v) is 2.33. The van der Waals surface area contributed by atoms with Crippen molar-refractivity contribution in [2.75, 3.05) is 45.2 Å². The van der Waals surface area contributed by atoms with E-state index >= 15 is 0 Å². The molecule has 0 aliphatic rings. The maximum absolute atomic E-state index is 6.02. The molecule has 0 atom stereocenters. The molecule has 0 aromatic carbocycles. The number of unbranched alkanes of at least 4 members (excludes halogenated alkanes) is 1. The molecule has 0 aliphatic heterocycles. The second-order valence-corrected chi connectivity index (χ2v) is 5.77. The molecule has 0 aliphatic carbocycles. The average molecular weight is 308 g/mol. The van der Waals surface area contributed by atoms with Crippen LogP contribution in [0.3, 0.4) is 0 Å². The number of likely N-dealkylation sites (N-methyl/N-ethyl adjacent to an activating group) is 1. The fourth-order valence-electron chi connectivity index (χ4n) is 2.33. The van der Waals surface area contributed by atoms with Crippen molar-refractivity contribution in [1.29, 1.82) is 0 Å². The van der Waals surface area contributed by atoms with Crippen molar-refractivity contribution in [3.05, 3.63) is 11.3 Å². The predicted molar refractivity (Wildman–Crippen MR) is 93.0 cm³/mol. The number of hydrogen-bond donors (Lipinski definition) is 0. The van der Waals surface area contributed by atoms with E-state index in [4.69, 9.17) is 4.74 Å². The second kappa shape index (κ2) is 9.62. The molecule has 0 saturated heterocycles. The van der Waals surface area contributed by atoms with Gasteiger partial charge in [-0.15, -0.1) is 0 Å². The minimum absolute atomic E-state index is 0.671. The van der Waals surface area contributed by atoms with Crippen molar-refractivity contribution in [3.8, 4) is 5.88 Å². The number of hydrogen-bond acceptors (Lipinski definition) is 5. The second-order valence-electron chi connectivity index (χ2n) is 5.77. The van der Waals surface area contributed by atoms with Crippen LogP contribution in [0.15, 0.2) is 0 Å². The summed E-state index contributed by atoms with van der Waals surface area (Å²) < 4.78 is 6.02. The largest absolute Gasteiger partial charge is 0.476 e. The number of aromatic nitrogens is 2. The minimum Gasteiger partial charge on any atom is -0.476 e. The molecule has 1 aromatic rings. The van der Waals surface area contributed by atoms with Gasteiger partial charge in [0.15, 0.2) is 0 Å². The molecular formula is C17H32N4O. The molecule has 0 fully saturated rings. The summed E-state index contributed by atoms with van der Waals surface area (Å²) in [6.45, 7) is 12.3. The third-order valence-corrected chi connectivity index (χ3v) is 3.89. The molecule has 22 heavy (non-hydrogen) atoms. The van der Waals surface area contributed by atoms with Crippen LogP contribution in [0.1, 0.15) is 44.9 Å². The SMILES string of the molecule is CCCCc1c(C)nc(N(C)C)nc1OCCN(CC)CC. The van der Waals surface area contributed by atoms with E-state index in [1.807, 2.05) is 19.0 Å². The smallest absolute Gasteiger partial charge is 0.228 e. The normalized spacial score (nSPS) is 11.0. The van der Waals surface area contributed by atoms with Crippen molar-refractivity contribution >= 4 is 5.95 Å². The molecule has 1 aromatic heterocycles. The van der Waals surface area contributed by atoms with Crippen molar-refractivity contribution < 1.29 is 4.74 Å². The first-order chi connectivity index (χ1) is 10.5. The van der Waals surface area contributed by atoms with Gasteiger partial charge in [0.1, 0.15) is 6.61 Å². The topological polar surface area (TPSA) is 41.5 Å². The van der Waals surface area contributed by atoms with Crippen LogP contribution in [-0.4, -0.2) is 55.2 Å². The third kappa shape index (κ3) is 5.44. The molecule has 126 valence electrons. The summed E-state index contributed by atoms with van der Waals surface area (Å²) in [4.78, 5) is 13.5. The Morgan fingerprint density at radius 1 is 1.05 bits per heavy atom. The highest BCUT2D eigenvalue weighted by molar-refractivity contribution is 5.39. The lowest BCUT2D eigenvalue weighted by molar-refractivity contribution is 0.216. The lowest BCUT2D eigenvalue weighted by atomic mass is 10.1. The Labute approximate surface area is 135 Å². The van der Waals surface area contributed by atoms with Gasteiger partial charge in [0.25, 0.3) is 0 Å². The molecular weight excluding hydrogens is 276 g/mol. The molecule has 0 radical (unpaired) electrons. The monoisotopic (exact) mass is 308 g/mol. The number of nitrogens with zero attached hydrogens (tertiary/aromatic N) is 4. The first-order valence-electron chi connectivity index (χ1n) is 8.43. The Bertz CT molecular complexity index is 445. The maximum Gasteiger partial charge on any atom is 0.228 e. The van der Waals surface area contributed by atoms with E-state index in [9.17, 15) is 0 Å². The van der Waals surface area contributed by atoms with Crippen LogP contribution in [0, 0.1) is 6.92 Å². The molecule has 0 amide bonds. The zero-order valence-corrected chi connectivity index (χ0v) is 15.1. The van der Waals surface area contributed by atoms with Crippen molar-refractivity contribution in [2.24, 2.45) is 0 Å². The standard InChI is InChI=1S/C17H32N4O/c1-7-10-11-15-14(4)18-17(20(5)6)19-16(15)22-13-12-21(8-2)9-3/h7-13H2,1-6H3. The van der Waals surface area contributed by atoms with Gasteiger partial charge in [-0.1, -0.05) is 27.2 Å². The average Bonchev–Trinajstić information content (AvgIpc) is 2.50. The van der Waals surface area contributed by atoms with E-state index in [1.54, 1.807) is 0 Å². The van der Waals surface area contributed by atoms with Crippen molar-refractivity contribution in [2.45, 2.75) is 47.0 Å². The van der Waals surface area contributed by atoms with Gasteiger partial charge in [0.05, 0.1) is 0 Å². The number of aryl methyl sites for hydroxylation is 1. The van der Waals surface area contributed by atoms with Crippen LogP contribution in [0.2, 0.25) is 0 Å². The molecule has 0 N–H and O–H groups in total. The van der Waals surface area contributed by atoms with E-state index in [1.165, 1.54) is 0 Å². The lowest BCUT2D eigenvalue weighted by Crippen LogP contribution is -2.28. The van der Waals surface area contributed by atoms with Crippen molar-refractivity contribution in [1.82, 2.24) is 14.9 Å². The quantitative estimate of drug-likeness (QED) is 0.665. The number of ether oxygens (including phenoxy) is 1. The first-order valence-corrected chi connectivity index (χ1v) is 8.43. The summed E-state index contributed by atoms with van der Waals surface area (Å²) in [5.74, 6) is 1.48. The van der Waals surface area contributed by atoms with Crippen LogP contribution in [0.25, 0.3) is 0 Å². The summed E-state index contributed by atoms with van der Waals surface area (Å²) in [5.41, 5.74) is 2.19. The van der Waals surface area contributed by atoms with Gasteiger partial charge in [-0.05, 0) is 32.9 Å². The Balaban J connectivity index is 2.87. The summed E-state index contributed by atoms with van der Waals surface area (Å²) in [6, 6.07) is 0. The third-order valence-electron chi connectivity index (χ3n) is 3.89. The van der Waals surface area contributed by atoms with Crippen LogP contribution in [0.5, 0.6) is 5.88 Å². The van der Waals surface area contributed by atoms with Crippen molar-refractivity contribution in [3.63, 3.8) is 0 Å². The highest BCUT2D eigenvalue weighted by atomic mass is 16.5. The van der Waals surface area contributed by atoms with E-state index < -0.39 is 0 Å². The number of anilines is 1. The predicted octanol–water partition coefficient (Wildman–Crippen LogP) is 2.91. The van der Waals surface area contributed by atoms with Crippen LogP contribution in [-0.2, 0) is 6.42 Å². The van der Waals surface area contributed by atoms with Gasteiger partial charge in [0.2, 0.25) is 11.8 Å². The van der Waals surface area contributed by atoms with Gasteiger partial charge in [-0.2, -0.15) is 4.98 Å². The summed E-state index contributed by atoms with van der Waals surface area (Å²) >= 11 is 0. The lowest BCUT2D eigenvalue weighted by Gasteiger charge is -2.20. The maximum atomic E-state index is 6.02. The summed E-state index contributed by atoms with van der Waals surface area (Å²) in [7, 11) is 3.92.